The van der Waals surface area contributed by atoms with E-state index in [1.54, 1.807) is 94.8 Å². The van der Waals surface area contributed by atoms with E-state index in [4.69, 9.17) is 0 Å². The molecule has 4 heterocycles. The third kappa shape index (κ3) is 9.08. The van der Waals surface area contributed by atoms with E-state index in [9.17, 15) is 40.9 Å². The van der Waals surface area contributed by atoms with Gasteiger partial charge in [0.15, 0.2) is 11.2 Å². The van der Waals surface area contributed by atoms with Crippen molar-refractivity contribution in [2.45, 2.75) is 87.8 Å². The normalized spacial score (nSPS) is 15.1. The summed E-state index contributed by atoms with van der Waals surface area (Å²) in [4.78, 5) is 13.8. The van der Waals surface area contributed by atoms with E-state index in [0.29, 0.717) is 33.1 Å². The number of nitrogens with one attached hydrogen (secondary N) is 2. The molecule has 2 unspecified atom stereocenters. The molecule has 53 heavy (non-hydrogen) atoms. The van der Waals surface area contributed by atoms with Crippen molar-refractivity contribution >= 4 is 21.8 Å². The minimum Gasteiger partial charge on any atom is -0.380 e. The molecule has 2 aromatic carbocycles. The van der Waals surface area contributed by atoms with Crippen LogP contribution in [-0.2, 0) is 23.7 Å². The second kappa shape index (κ2) is 14.6. The molecule has 0 spiro atoms. The third-order valence-electron chi connectivity index (χ3n) is 9.62. The van der Waals surface area contributed by atoms with Crippen LogP contribution in [0.15, 0.2) is 104 Å². The number of nitrogens with zero attached hydrogens (tertiary/aromatic N) is 2. The summed E-state index contributed by atoms with van der Waals surface area (Å²) in [5.41, 5.74) is -4.44. The zero-order chi connectivity index (χ0) is 38.9. The Balaban J connectivity index is 0.000000204. The van der Waals surface area contributed by atoms with Crippen LogP contribution in [0.3, 0.4) is 0 Å². The Morgan fingerprint density at radius 1 is 0.566 bits per heavy atom. The Morgan fingerprint density at radius 3 is 1.34 bits per heavy atom. The molecule has 0 saturated heterocycles. The molecule has 0 saturated carbocycles. The number of fused-ring (bicyclic) bond motifs is 2. The summed E-state index contributed by atoms with van der Waals surface area (Å²) >= 11 is 0. The minimum atomic E-state index is -4.83. The van der Waals surface area contributed by atoms with E-state index in [1.807, 2.05) is 6.07 Å². The fourth-order valence-electron chi connectivity index (χ4n) is 6.87. The smallest absolute Gasteiger partial charge is 0.380 e. The van der Waals surface area contributed by atoms with Gasteiger partial charge in [0.1, 0.15) is 5.82 Å². The zero-order valence-electron chi connectivity index (χ0n) is 29.6. The maximum atomic E-state index is 13.8. The molecule has 6 nitrogen and oxygen atoms in total. The number of halogens is 7. The number of benzene rings is 2. The van der Waals surface area contributed by atoms with Crippen molar-refractivity contribution in [2.75, 3.05) is 0 Å². The Kier molecular flexibility index (Phi) is 10.9. The lowest BCUT2D eigenvalue weighted by Gasteiger charge is -2.38. The minimum absolute atomic E-state index is 0.271. The molecule has 0 aliphatic carbocycles. The molecular formula is C40H41F7N4O2. The number of rotatable bonds is 10. The summed E-state index contributed by atoms with van der Waals surface area (Å²) < 4.78 is 96.1. The maximum Gasteiger partial charge on any atom is 0.417 e. The van der Waals surface area contributed by atoms with Crippen molar-refractivity contribution in [2.24, 2.45) is 0 Å². The van der Waals surface area contributed by atoms with E-state index in [2.05, 4.69) is 19.9 Å². The van der Waals surface area contributed by atoms with Gasteiger partial charge in [-0.25, -0.2) is 4.39 Å². The lowest BCUT2D eigenvalue weighted by molar-refractivity contribution is -0.266. The van der Waals surface area contributed by atoms with Crippen molar-refractivity contribution in [3.63, 3.8) is 0 Å². The summed E-state index contributed by atoms with van der Waals surface area (Å²) in [7, 11) is 0. The molecule has 0 amide bonds. The third-order valence-corrected chi connectivity index (χ3v) is 9.62. The fourth-order valence-corrected chi connectivity index (χ4v) is 6.87. The van der Waals surface area contributed by atoms with Gasteiger partial charge in [0, 0.05) is 70.8 Å². The highest BCUT2D eigenvalue weighted by Gasteiger charge is 2.57. The Morgan fingerprint density at radius 2 is 0.962 bits per heavy atom. The lowest BCUT2D eigenvalue weighted by atomic mass is 9.73. The first-order valence-electron chi connectivity index (χ1n) is 16.8. The first-order valence-corrected chi connectivity index (χ1v) is 16.8. The first-order chi connectivity index (χ1) is 24.6. The van der Waals surface area contributed by atoms with E-state index < -0.39 is 65.9 Å². The number of aromatic amines is 2. The number of pyridine rings is 2. The molecule has 0 aliphatic rings. The van der Waals surface area contributed by atoms with Crippen molar-refractivity contribution in [1.29, 1.82) is 0 Å². The number of alkyl halides is 6. The van der Waals surface area contributed by atoms with Crippen molar-refractivity contribution < 1.29 is 40.9 Å². The van der Waals surface area contributed by atoms with Gasteiger partial charge in [0.2, 0.25) is 0 Å². The molecule has 282 valence electrons. The average molecular weight is 743 g/mol. The van der Waals surface area contributed by atoms with Gasteiger partial charge in [0.25, 0.3) is 0 Å². The van der Waals surface area contributed by atoms with Crippen LogP contribution in [0.25, 0.3) is 21.8 Å². The highest BCUT2D eigenvalue weighted by atomic mass is 19.4. The first kappa shape index (κ1) is 39.5. The van der Waals surface area contributed by atoms with Crippen molar-refractivity contribution in [3.05, 3.63) is 132 Å². The van der Waals surface area contributed by atoms with E-state index in [-0.39, 0.29) is 5.69 Å². The molecule has 2 atom stereocenters. The van der Waals surface area contributed by atoms with Crippen LogP contribution in [0, 0.1) is 5.82 Å². The summed E-state index contributed by atoms with van der Waals surface area (Å²) in [6, 6.07) is 20.8. The highest BCUT2D eigenvalue weighted by Crippen LogP contribution is 2.44. The molecule has 0 fully saturated rings. The van der Waals surface area contributed by atoms with Crippen LogP contribution >= 0.6 is 0 Å². The standard InChI is InChI=1S/C20H20F4N2O.C20H21F3N2O/c1-18(2,14-3-5-15(21)6-4-14)12-19(27,20(22,23)24)10-16-9-13-11-25-8-7-17(13)26-16;1-18(2,15-6-4-3-5-7-15)13-19(26,20(21,22)23)11-16-10-14-12-24-9-8-17(14)25-16/h3-9,11,26-27H,10,12H2,1-2H3;3-10,12,25-26H,11,13H2,1-2H3. The van der Waals surface area contributed by atoms with Crippen LogP contribution in [0.1, 0.15) is 63.1 Å². The molecule has 4 aromatic heterocycles. The van der Waals surface area contributed by atoms with Crippen LogP contribution in [0.2, 0.25) is 0 Å². The Bertz CT molecular complexity index is 2060. The molecule has 6 aromatic rings. The molecule has 13 heteroatoms. The second-order valence-corrected chi connectivity index (χ2v) is 14.9. The van der Waals surface area contributed by atoms with Gasteiger partial charge in [-0.05, 0) is 71.2 Å². The summed E-state index contributed by atoms with van der Waals surface area (Å²) in [6.07, 6.45) is -5.52. The number of H-pyrrole nitrogens is 2. The van der Waals surface area contributed by atoms with Gasteiger partial charge in [-0.15, -0.1) is 0 Å². The number of aromatic nitrogens is 4. The van der Waals surface area contributed by atoms with E-state index >= 15 is 0 Å². The van der Waals surface area contributed by atoms with Crippen LogP contribution in [-0.4, -0.2) is 53.7 Å². The SMILES string of the molecule is CC(C)(CC(O)(Cc1cc2cnccc2[nH]1)C(F)(F)F)c1ccc(F)cc1.CC(C)(CC(O)(Cc1cc2cnccc2[nH]1)C(F)(F)F)c1ccccc1. The van der Waals surface area contributed by atoms with E-state index in [0.717, 1.165) is 5.56 Å². The lowest BCUT2D eigenvalue weighted by Crippen LogP contribution is -2.50. The zero-order valence-corrected chi connectivity index (χ0v) is 29.6. The summed E-state index contributed by atoms with van der Waals surface area (Å²) in [5, 5.41) is 22.7. The van der Waals surface area contributed by atoms with E-state index in [1.165, 1.54) is 30.5 Å². The molecule has 0 aliphatic heterocycles. The molecule has 6 rings (SSSR count). The van der Waals surface area contributed by atoms with Gasteiger partial charge < -0.3 is 20.2 Å². The van der Waals surface area contributed by atoms with Crippen molar-refractivity contribution in [3.8, 4) is 0 Å². The van der Waals surface area contributed by atoms with Gasteiger partial charge >= 0.3 is 12.4 Å². The summed E-state index contributed by atoms with van der Waals surface area (Å²) in [6.45, 7) is 6.64. The average Bonchev–Trinajstić information content (AvgIpc) is 3.66. The van der Waals surface area contributed by atoms with Crippen LogP contribution in [0.5, 0.6) is 0 Å². The fraction of sp³-hybridized carbons (Fsp3) is 0.350. The van der Waals surface area contributed by atoms with Gasteiger partial charge in [-0.3, -0.25) is 9.97 Å². The number of hydrogen-bond donors (Lipinski definition) is 4. The topological polar surface area (TPSA) is 97.8 Å². The Hall–Kier alpha value is -4.75. The Labute approximate surface area is 302 Å². The second-order valence-electron chi connectivity index (χ2n) is 14.9. The highest BCUT2D eigenvalue weighted by molar-refractivity contribution is 5.79. The van der Waals surface area contributed by atoms with Crippen LogP contribution in [0.4, 0.5) is 30.7 Å². The molecule has 0 bridgehead atoms. The quantitative estimate of drug-likeness (QED) is 0.105. The van der Waals surface area contributed by atoms with Gasteiger partial charge in [-0.1, -0.05) is 70.2 Å². The largest absolute Gasteiger partial charge is 0.417 e. The molecule has 4 N–H and O–H groups in total. The van der Waals surface area contributed by atoms with Crippen LogP contribution < -0.4 is 0 Å². The number of hydrogen-bond acceptors (Lipinski definition) is 4. The predicted octanol–water partition coefficient (Wildman–Crippen LogP) is 9.67. The summed E-state index contributed by atoms with van der Waals surface area (Å²) in [5.74, 6) is -0.465. The van der Waals surface area contributed by atoms with Gasteiger partial charge in [0.05, 0.1) is 0 Å². The monoisotopic (exact) mass is 742 g/mol. The van der Waals surface area contributed by atoms with Gasteiger partial charge in [-0.2, -0.15) is 26.3 Å². The maximum absolute atomic E-state index is 13.8. The molecular weight excluding hydrogens is 701 g/mol. The molecule has 0 radical (unpaired) electrons. The van der Waals surface area contributed by atoms with Crippen molar-refractivity contribution in [1.82, 2.24) is 19.9 Å². The number of aliphatic hydroxyl groups is 2. The predicted molar refractivity (Wildman–Crippen MR) is 190 cm³/mol.